The molecule has 14 heteroatoms. The van der Waals surface area contributed by atoms with E-state index in [1.807, 2.05) is 4.98 Å². The van der Waals surface area contributed by atoms with Crippen molar-refractivity contribution >= 4 is 25.2 Å². The molecular weight excluding hydrogens is 541 g/mol. The van der Waals surface area contributed by atoms with E-state index >= 15 is 0 Å². The second kappa shape index (κ2) is 12.3. The third-order valence-electron chi connectivity index (χ3n) is 5.18. The molecule has 1 aromatic heterocycles. The average Bonchev–Trinajstić information content (AvgIpc) is 3.10. The number of aliphatic hydroxyl groups excluding tert-OH is 1. The van der Waals surface area contributed by atoms with E-state index in [-0.39, 0.29) is 5.75 Å². The zero-order valence-electron chi connectivity index (χ0n) is 23.0. The lowest BCUT2D eigenvalue weighted by Crippen LogP contribution is -2.45. The van der Waals surface area contributed by atoms with Crippen LogP contribution in [0.2, 0.25) is 0 Å². The van der Waals surface area contributed by atoms with Crippen LogP contribution in [0.5, 0.6) is 5.75 Å². The van der Waals surface area contributed by atoms with E-state index in [9.17, 15) is 24.1 Å². The molecule has 6 atom stereocenters. The van der Waals surface area contributed by atoms with Gasteiger partial charge in [0.1, 0.15) is 24.2 Å². The average molecular weight is 572 g/mol. The van der Waals surface area contributed by atoms with Gasteiger partial charge in [0.05, 0.1) is 27.5 Å². The van der Waals surface area contributed by atoms with Crippen molar-refractivity contribution in [1.29, 1.82) is 0 Å². The molecule has 0 bridgehead atoms. The topological polar surface area (TPSA) is 159 Å². The van der Waals surface area contributed by atoms with Gasteiger partial charge in [0.2, 0.25) is 0 Å². The maximum Gasteiger partial charge on any atom is 0.380 e. The molecule has 1 aliphatic heterocycles. The van der Waals surface area contributed by atoms with Crippen molar-refractivity contribution in [3.05, 3.63) is 57.4 Å². The lowest BCUT2D eigenvalue weighted by Gasteiger charge is -2.25. The van der Waals surface area contributed by atoms with Gasteiger partial charge in [-0.05, 0) is 32.9 Å². The molecule has 0 spiro atoms. The van der Waals surface area contributed by atoms with Crippen LogP contribution >= 0.6 is 19.2 Å². The van der Waals surface area contributed by atoms with Gasteiger partial charge in [-0.25, -0.2) is 9.36 Å². The van der Waals surface area contributed by atoms with E-state index in [2.05, 4.69) is 16.9 Å². The summed E-state index contributed by atoms with van der Waals surface area (Å²) in [6.07, 6.45) is -5.98. The summed E-state index contributed by atoms with van der Waals surface area (Å²) in [4.78, 5) is 36.2. The van der Waals surface area contributed by atoms with Crippen molar-refractivity contribution in [3.8, 4) is 17.6 Å². The van der Waals surface area contributed by atoms with Crippen molar-refractivity contribution in [3.63, 3.8) is 0 Å². The number of hydrogen-bond acceptors (Lipinski definition) is 10. The highest BCUT2D eigenvalue weighted by molar-refractivity contribution is 7.54. The third-order valence-corrected chi connectivity index (χ3v) is 7.55. The van der Waals surface area contributed by atoms with Gasteiger partial charge in [-0.2, -0.15) is 9.78 Å². The number of benzene rings is 1. The molecule has 3 rings (SSSR count). The van der Waals surface area contributed by atoms with Crippen LogP contribution in [-0.2, 0) is 23.4 Å². The minimum Gasteiger partial charge on any atom is -0.463 e. The molecule has 2 aromatic rings. The maximum absolute atomic E-state index is 14.0. The molecule has 0 amide bonds. The van der Waals surface area contributed by atoms with Gasteiger partial charge < -0.3 is 19.1 Å². The first kappa shape index (κ1) is 26.7. The van der Waals surface area contributed by atoms with Gasteiger partial charge in [-0.1, -0.05) is 42.6 Å². The summed E-state index contributed by atoms with van der Waals surface area (Å²) < 4.78 is 53.6. The Morgan fingerprint density at radius 1 is 1.37 bits per heavy atom. The van der Waals surface area contributed by atoms with Crippen LogP contribution in [0.25, 0.3) is 0 Å². The number of ether oxygens (including phenoxy) is 2. The van der Waals surface area contributed by atoms with Gasteiger partial charge in [-0.15, -0.1) is 5.92 Å². The number of carbonyl (C=O) groups is 1. The third kappa shape index (κ3) is 6.92. The maximum atomic E-state index is 14.0. The van der Waals surface area contributed by atoms with Crippen LogP contribution in [0, 0.1) is 17.8 Å². The van der Waals surface area contributed by atoms with E-state index in [0.29, 0.717) is 4.68 Å². The fraction of sp³-hybridized carbons (Fsp3) is 0.500. The number of rotatable bonds is 10. The van der Waals surface area contributed by atoms with Crippen LogP contribution in [0.4, 0.5) is 0 Å². The first-order chi connectivity index (χ1) is 18.6. The lowest BCUT2D eigenvalue weighted by atomic mass is 9.99. The van der Waals surface area contributed by atoms with Crippen molar-refractivity contribution in [2.24, 2.45) is 5.92 Å². The van der Waals surface area contributed by atoms with Crippen LogP contribution < -0.4 is 15.8 Å². The first-order valence-electron chi connectivity index (χ1n) is 12.5. The van der Waals surface area contributed by atoms with Crippen molar-refractivity contribution < 1.29 is 35.7 Å². The summed E-state index contributed by atoms with van der Waals surface area (Å²) in [7, 11) is -4.54. The molecule has 0 aliphatic carbocycles. The van der Waals surface area contributed by atoms with Crippen molar-refractivity contribution in [1.82, 2.24) is 14.8 Å². The van der Waals surface area contributed by atoms with Gasteiger partial charge >= 0.3 is 19.3 Å². The number of nitrogens with zero attached hydrogens (tertiary/aromatic N) is 2. The molecule has 1 saturated heterocycles. The molecule has 0 radical (unpaired) electrons. The molecular formula is C24H29ClN3O9P. The number of alkyl halides is 1. The number of para-hydroxylation sites is 1. The van der Waals surface area contributed by atoms with E-state index < -0.39 is 72.9 Å². The number of halogens is 1. The molecule has 0 saturated carbocycles. The van der Waals surface area contributed by atoms with Gasteiger partial charge in [0.25, 0.3) is 5.56 Å². The Hall–Kier alpha value is -2.94. The van der Waals surface area contributed by atoms with Crippen molar-refractivity contribution in [2.45, 2.75) is 57.1 Å². The van der Waals surface area contributed by atoms with E-state index in [1.165, 1.54) is 26.0 Å². The number of hydrogen-bond donors (Lipinski definition) is 2. The monoisotopic (exact) mass is 571 g/mol. The standard InChI is InChI=1S/C24H29ClN3O9P/c1-5-11-24(25)20(30)18(36-22(24)28-23(32)27-19(29)12-26-28)13-34-38(33,37-17-9-7-6-8-10-17)14-16(4)21(31)35-15(2)3/h6-10,12,15-16,18,20,22,30H,13-14H2,1-4H3,(H,27,29,32)/t16-,18-,20+,22-,24?,38+/m1/s1/i13D2. The molecule has 2 N–H and O–H groups in total. The number of H-pyrrole nitrogens is 1. The highest BCUT2D eigenvalue weighted by Crippen LogP contribution is 2.51. The van der Waals surface area contributed by atoms with Gasteiger partial charge in [-0.3, -0.25) is 19.1 Å². The smallest absolute Gasteiger partial charge is 0.380 e. The molecule has 12 nitrogen and oxygen atoms in total. The first-order valence-corrected chi connectivity index (χ1v) is 13.6. The summed E-state index contributed by atoms with van der Waals surface area (Å²) in [5.74, 6) is 3.28. The Kier molecular flexibility index (Phi) is 8.61. The molecule has 206 valence electrons. The summed E-state index contributed by atoms with van der Waals surface area (Å²) >= 11 is 6.59. The largest absolute Gasteiger partial charge is 0.463 e. The van der Waals surface area contributed by atoms with E-state index in [0.717, 1.165) is 6.20 Å². The van der Waals surface area contributed by atoms with Gasteiger partial charge in [0, 0.05) is 0 Å². The molecule has 1 fully saturated rings. The van der Waals surface area contributed by atoms with Crippen LogP contribution in [-0.4, -0.2) is 61.7 Å². The number of aromatic nitrogens is 3. The predicted molar refractivity (Wildman–Crippen MR) is 137 cm³/mol. The Balaban J connectivity index is 1.99. The molecule has 38 heavy (non-hydrogen) atoms. The highest BCUT2D eigenvalue weighted by Gasteiger charge is 2.57. The quantitative estimate of drug-likeness (QED) is 0.187. The summed E-state index contributed by atoms with van der Waals surface area (Å²) in [6, 6.07) is 7.74. The van der Waals surface area contributed by atoms with Crippen LogP contribution in [0.3, 0.4) is 0 Å². The summed E-state index contributed by atoms with van der Waals surface area (Å²) in [5.41, 5.74) is -1.88. The van der Waals surface area contributed by atoms with E-state index in [1.54, 1.807) is 32.0 Å². The van der Waals surface area contributed by atoms with E-state index in [4.69, 9.17) is 32.9 Å². The minimum atomic E-state index is -4.54. The highest BCUT2D eigenvalue weighted by atomic mass is 35.5. The second-order valence-corrected chi connectivity index (χ2v) is 11.3. The lowest BCUT2D eigenvalue weighted by molar-refractivity contribution is -0.151. The Morgan fingerprint density at radius 2 is 2.05 bits per heavy atom. The Morgan fingerprint density at radius 3 is 2.66 bits per heavy atom. The normalized spacial score (nSPS) is 26.3. The van der Waals surface area contributed by atoms with Crippen LogP contribution in [0.15, 0.2) is 46.1 Å². The fourth-order valence-corrected chi connectivity index (χ4v) is 5.56. The minimum absolute atomic E-state index is 0.0596. The summed E-state index contributed by atoms with van der Waals surface area (Å²) in [5, 5.41) is 14.8. The SMILES string of the molecule is [2H]C([2H])(O[P@@](=O)(C[C@@H](C)C(=O)OC(C)C)Oc1ccccc1)[C@H]1O[C@@H](n2ncc(=O)[nH]c2=O)C(Cl)(C#CC)[C@H]1O. The summed E-state index contributed by atoms with van der Waals surface area (Å²) in [6.45, 7) is 2.97. The molecule has 1 unspecified atom stereocenters. The molecule has 1 aliphatic rings. The Bertz CT molecular complexity index is 1440. The molecule has 2 heterocycles. The zero-order valence-corrected chi connectivity index (χ0v) is 22.6. The van der Waals surface area contributed by atoms with Gasteiger partial charge in [0.15, 0.2) is 11.1 Å². The Labute approximate surface area is 226 Å². The molecule has 1 aromatic carbocycles. The van der Waals surface area contributed by atoms with Crippen molar-refractivity contribution in [2.75, 3.05) is 12.7 Å². The predicted octanol–water partition coefficient (Wildman–Crippen LogP) is 2.07. The number of aliphatic hydroxyl groups is 1. The number of nitrogens with one attached hydrogen (secondary N) is 1. The fourth-order valence-electron chi connectivity index (χ4n) is 3.49. The van der Waals surface area contributed by atoms with Crippen LogP contribution in [0.1, 0.15) is 36.7 Å². The second-order valence-electron chi connectivity index (χ2n) is 8.67. The zero-order chi connectivity index (χ0) is 29.9. The number of carbonyl (C=O) groups excluding carboxylic acids is 1. The number of aromatic amines is 1. The number of esters is 1.